The minimum atomic E-state index is -2.25. The zero-order valence-corrected chi connectivity index (χ0v) is 44.0. The van der Waals surface area contributed by atoms with Gasteiger partial charge < -0.3 is 178 Å². The Morgan fingerprint density at radius 1 is 0.289 bits per heavy atom. The highest BCUT2D eigenvalue weighted by Crippen LogP contribution is 2.39. The Kier molecular flexibility index (Phi) is 23.5. The van der Waals surface area contributed by atoms with E-state index in [-0.39, 0.29) is 6.61 Å². The van der Waals surface area contributed by atoms with Crippen LogP contribution in [0.15, 0.2) is 0 Å². The first-order valence-electron chi connectivity index (χ1n) is 26.6. The summed E-state index contributed by atoms with van der Waals surface area (Å²) in [5, 5.41) is 222. The summed E-state index contributed by atoms with van der Waals surface area (Å²) in [7, 11) is 0. The molecule has 35 atom stereocenters. The zero-order chi connectivity index (χ0) is 60.5. The molecule has 0 saturated carbocycles. The average Bonchev–Trinajstić information content (AvgIpc) is 3.19. The van der Waals surface area contributed by atoms with E-state index in [1.54, 1.807) is 0 Å². The summed E-state index contributed by atoms with van der Waals surface area (Å²) in [6.07, 6.45) is -70.8. The predicted octanol–water partition coefficient (Wildman–Crippen LogP) is -14.6. The monoisotopic (exact) mass is 1220 g/mol. The summed E-state index contributed by atoms with van der Waals surface area (Å²) in [6, 6.07) is 0. The van der Waals surface area contributed by atoms with Crippen LogP contribution in [0, 0.1) is 0 Å². The number of rotatable bonds is 11. The van der Waals surface area contributed by atoms with Crippen LogP contribution in [0.4, 0.5) is 0 Å². The van der Waals surface area contributed by atoms with E-state index < -0.39 is 274 Å². The summed E-state index contributed by atoms with van der Waals surface area (Å²) in [5.41, 5.74) is 0. The summed E-state index contributed by atoms with van der Waals surface area (Å²) in [4.78, 5) is 12.6. The Morgan fingerprint density at radius 3 is 0.687 bits per heavy atom. The van der Waals surface area contributed by atoms with Crippen LogP contribution in [0.25, 0.3) is 0 Å². The number of carbonyl (C=O) groups excluding carboxylic acids is 1. The van der Waals surface area contributed by atoms with Gasteiger partial charge in [0, 0.05) is 0 Å². The number of hydrogen-bond donors (Lipinski definition) is 20. The van der Waals surface area contributed by atoms with Crippen molar-refractivity contribution in [3.63, 3.8) is 0 Å². The number of fused-ring (bicyclic) bond motifs is 7. The molecule has 37 heteroatoms. The Balaban J connectivity index is 1.11. The highest BCUT2D eigenvalue weighted by Gasteiger charge is 2.60. The quantitative estimate of drug-likeness (QED) is 0.0854. The molecule has 15 fully saturated rings. The molecule has 0 amide bonds. The van der Waals surface area contributed by atoms with Gasteiger partial charge in [0.25, 0.3) is 0 Å². The number of aliphatic hydroxyl groups is 20. The second-order valence-corrected chi connectivity index (χ2v) is 20.7. The lowest BCUT2D eigenvalue weighted by atomic mass is 9.95. The number of esters is 1. The fraction of sp³-hybridized carbons (Fsp3) is 0.978. The molecular weight excluding hydrogens is 1140 g/mol. The average molecular weight is 1220 g/mol. The van der Waals surface area contributed by atoms with Gasteiger partial charge in [-0.15, -0.1) is 0 Å². The van der Waals surface area contributed by atoms with Gasteiger partial charge in [-0.05, 0) is 6.92 Å². The van der Waals surface area contributed by atoms with Crippen LogP contribution in [0.1, 0.15) is 6.92 Å². The van der Waals surface area contributed by atoms with Crippen LogP contribution in [-0.4, -0.2) is 383 Å². The Hall–Kier alpha value is -1.93. The number of ether oxygens (including phenoxy) is 16. The maximum atomic E-state index is 12.6. The van der Waals surface area contributed by atoms with Gasteiger partial charge in [0.1, 0.15) is 178 Å². The molecule has 0 spiro atoms. The van der Waals surface area contributed by atoms with Crippen LogP contribution in [0.3, 0.4) is 0 Å². The highest BCUT2D eigenvalue weighted by molar-refractivity contribution is 5.70. The van der Waals surface area contributed by atoms with Gasteiger partial charge in [-0.1, -0.05) is 0 Å². The molecule has 0 aromatic heterocycles. The molecule has 15 saturated heterocycles. The minimum absolute atomic E-state index is 0.142. The third-order valence-corrected chi connectivity index (χ3v) is 15.5. The first kappa shape index (κ1) is 67.0. The van der Waals surface area contributed by atoms with Gasteiger partial charge in [-0.2, -0.15) is 0 Å². The fourth-order valence-corrected chi connectivity index (χ4v) is 10.9. The third kappa shape index (κ3) is 13.8. The van der Waals surface area contributed by atoms with Gasteiger partial charge >= 0.3 is 5.97 Å². The smallest absolute Gasteiger partial charge is 0.332 e. The van der Waals surface area contributed by atoms with E-state index in [1.807, 2.05) is 0 Å². The molecule has 20 N–H and O–H groups in total. The van der Waals surface area contributed by atoms with Gasteiger partial charge in [-0.3, -0.25) is 0 Å². The van der Waals surface area contributed by atoms with Gasteiger partial charge in [-0.25, -0.2) is 4.79 Å². The molecule has 0 aliphatic carbocycles. The maximum Gasteiger partial charge on any atom is 0.332 e. The topological polar surface area (TPSA) is 569 Å². The Bertz CT molecular complexity index is 1990. The Labute approximate surface area is 469 Å². The SMILES string of the molecule is CCOC(=O)CO[C@H]1[C@H]2O[C@H]3[C@@H](O)[C@H](O)[C@@H](O[C@H]4[C@@H](O)[C@H](O)[C@@H](O[C@H]5[C@@H](O)[C@@H](O)[C@@H](O[C@H]6[C@H](O)[C@@H](O)[C@@H](O[C@H]7[C@H](O)[C@@H](O)[C@@H](O[C@H]8[C@H](O)[C@@H](O)[C@@H](O[C@@H]([C@@H]1O)[C@@H](CO)O2)O[C@@H]8CO)O[C@@H]7CO)O[C@@H]6CO)O[C@@H]5CO)O[C@@H]4CO)O[C@@H]3CO. The summed E-state index contributed by atoms with van der Waals surface area (Å²) in [6.45, 7) is -7.10. The minimum Gasteiger partial charge on any atom is -0.464 e. The Morgan fingerprint density at radius 2 is 0.482 bits per heavy atom. The van der Waals surface area contributed by atoms with Crippen molar-refractivity contribution in [2.45, 2.75) is 222 Å². The van der Waals surface area contributed by atoms with Crippen LogP contribution >= 0.6 is 0 Å². The molecule has 14 bridgehead atoms. The van der Waals surface area contributed by atoms with Gasteiger partial charge in [0.2, 0.25) is 0 Å². The van der Waals surface area contributed by atoms with Crippen molar-refractivity contribution < 1.29 is 183 Å². The standard InChI is InChI=1S/C46H76O37/c1-2-68-18(54)10-69-39-31(67)38-17(9-53)76-46(39)83-37-16(8-52)75-44(30(66)24(37)60)81-35-14(6-50)73-42(28(64)22(35)58)79-33-12(4-48)71-40(26(62)20(33)56)77-32-11(3-47)70-41(25(61)19(32)55)78-34-13(5-49)72-43(27(63)21(34)57)80-36-15(7-51)74-45(82-38)29(65)23(36)59/h11-17,19-53,55-67H,2-10H2,1H3/t11-,12-,13-,14-,15-,16-,17-,19-,20+,21-,22+,23-,24+,25-,26-,27-,28+,29-,30+,31+,32-,33-,34-,35-,36-,37-,38-,39-,40-,41-,42-,43-,44-,45-,46-/m1/s1. The van der Waals surface area contributed by atoms with E-state index in [1.165, 1.54) is 6.92 Å². The van der Waals surface area contributed by atoms with E-state index in [9.17, 15) is 107 Å². The molecule has 0 aromatic carbocycles. The molecule has 15 aliphatic heterocycles. The highest BCUT2D eigenvalue weighted by atomic mass is 16.8. The lowest BCUT2D eigenvalue weighted by Crippen LogP contribution is -2.68. The molecule has 0 unspecified atom stereocenters. The second kappa shape index (κ2) is 29.1. The molecule has 83 heavy (non-hydrogen) atoms. The van der Waals surface area contributed by atoms with Crippen molar-refractivity contribution in [1.29, 1.82) is 0 Å². The van der Waals surface area contributed by atoms with Crippen LogP contribution in [-0.2, 0) is 80.6 Å². The van der Waals surface area contributed by atoms with E-state index in [0.29, 0.717) is 0 Å². The van der Waals surface area contributed by atoms with E-state index >= 15 is 0 Å². The lowest BCUT2D eigenvalue weighted by molar-refractivity contribution is -0.398. The van der Waals surface area contributed by atoms with Crippen molar-refractivity contribution in [1.82, 2.24) is 0 Å². The van der Waals surface area contributed by atoms with Gasteiger partial charge in [0.15, 0.2) is 44.0 Å². The van der Waals surface area contributed by atoms with E-state index in [4.69, 9.17) is 75.8 Å². The predicted molar refractivity (Wildman–Crippen MR) is 249 cm³/mol. The molecular formula is C46H76O37. The number of aliphatic hydroxyl groups excluding tert-OH is 20. The molecule has 15 rings (SSSR count). The zero-order valence-electron chi connectivity index (χ0n) is 44.0. The van der Waals surface area contributed by atoms with Crippen molar-refractivity contribution in [2.24, 2.45) is 0 Å². The van der Waals surface area contributed by atoms with Crippen LogP contribution in [0.2, 0.25) is 0 Å². The summed E-state index contributed by atoms with van der Waals surface area (Å²) < 4.78 is 91.2. The first-order chi connectivity index (χ1) is 39.6. The normalized spacial score (nSPS) is 52.1. The van der Waals surface area contributed by atoms with Gasteiger partial charge in [0.05, 0.1) is 52.9 Å². The molecule has 15 aliphatic rings. The number of hydrogen-bond acceptors (Lipinski definition) is 37. The largest absolute Gasteiger partial charge is 0.464 e. The molecule has 0 radical (unpaired) electrons. The molecule has 482 valence electrons. The van der Waals surface area contributed by atoms with Crippen molar-refractivity contribution >= 4 is 5.97 Å². The molecule has 0 aromatic rings. The second-order valence-electron chi connectivity index (χ2n) is 20.7. The summed E-state index contributed by atoms with van der Waals surface area (Å²) in [5.74, 6) is -1.00. The first-order valence-corrected chi connectivity index (χ1v) is 26.6. The summed E-state index contributed by atoms with van der Waals surface area (Å²) >= 11 is 0. The fourth-order valence-electron chi connectivity index (χ4n) is 10.9. The van der Waals surface area contributed by atoms with E-state index in [0.717, 1.165) is 0 Å². The number of carbonyl (C=O) groups is 1. The van der Waals surface area contributed by atoms with Crippen LogP contribution < -0.4 is 0 Å². The third-order valence-electron chi connectivity index (χ3n) is 15.5. The molecule has 15 heterocycles. The van der Waals surface area contributed by atoms with Crippen molar-refractivity contribution in [3.05, 3.63) is 0 Å². The van der Waals surface area contributed by atoms with Crippen LogP contribution in [0.5, 0.6) is 0 Å². The molecule has 37 nitrogen and oxygen atoms in total. The maximum absolute atomic E-state index is 12.6. The van der Waals surface area contributed by atoms with Crippen molar-refractivity contribution in [2.75, 3.05) is 59.5 Å². The van der Waals surface area contributed by atoms with E-state index in [2.05, 4.69) is 0 Å². The van der Waals surface area contributed by atoms with Crippen molar-refractivity contribution in [3.8, 4) is 0 Å². The lowest BCUT2D eigenvalue weighted by Gasteiger charge is -2.50.